The van der Waals surface area contributed by atoms with Crippen LogP contribution in [-0.2, 0) is 0 Å². The van der Waals surface area contributed by atoms with E-state index in [4.69, 9.17) is 0 Å². The molecule has 0 aromatic heterocycles. The van der Waals surface area contributed by atoms with Crippen LogP contribution in [0.4, 0.5) is 0 Å². The zero-order valence-corrected chi connectivity index (χ0v) is 22.2. The van der Waals surface area contributed by atoms with Gasteiger partial charge in [-0.1, -0.05) is 116 Å². The van der Waals surface area contributed by atoms with Crippen molar-refractivity contribution < 1.29 is 0 Å². The molecule has 0 nitrogen and oxygen atoms in total. The van der Waals surface area contributed by atoms with Crippen LogP contribution >= 0.6 is 0 Å². The number of rotatable bonds is 3. The topological polar surface area (TPSA) is 0 Å². The van der Waals surface area contributed by atoms with Gasteiger partial charge in [-0.15, -0.1) is 0 Å². The Hall–Kier alpha value is -4.16. The molecule has 184 valence electrons. The van der Waals surface area contributed by atoms with Gasteiger partial charge in [-0.3, -0.25) is 0 Å². The molecule has 0 N–H and O–H groups in total. The minimum Gasteiger partial charge on any atom is -0.0805 e. The van der Waals surface area contributed by atoms with E-state index in [1.165, 1.54) is 90.5 Å². The largest absolute Gasteiger partial charge is 0.0805 e. The van der Waals surface area contributed by atoms with Gasteiger partial charge < -0.3 is 0 Å². The first-order chi connectivity index (χ1) is 18.7. The molecule has 6 aromatic carbocycles. The van der Waals surface area contributed by atoms with Crippen molar-refractivity contribution in [1.82, 2.24) is 0 Å². The molecule has 0 radical (unpaired) electrons. The SMILES string of the molecule is Cc1cc(C2=CCC(C)CC2)ccc1-c1c2ccccc2c(-c2ccc3ccccc3c2)c2ccccc12. The van der Waals surface area contributed by atoms with E-state index in [0.29, 0.717) is 0 Å². The van der Waals surface area contributed by atoms with Crippen LogP contribution in [0.2, 0.25) is 0 Å². The molecule has 6 aromatic rings. The van der Waals surface area contributed by atoms with Gasteiger partial charge in [0.05, 0.1) is 0 Å². The quantitative estimate of drug-likeness (QED) is 0.217. The van der Waals surface area contributed by atoms with E-state index in [1.807, 2.05) is 0 Å². The van der Waals surface area contributed by atoms with Crippen molar-refractivity contribution >= 4 is 37.9 Å². The van der Waals surface area contributed by atoms with Gasteiger partial charge in [0.1, 0.15) is 0 Å². The van der Waals surface area contributed by atoms with Crippen LogP contribution in [0.25, 0.3) is 60.1 Å². The molecule has 7 rings (SSSR count). The summed E-state index contributed by atoms with van der Waals surface area (Å²) in [4.78, 5) is 0. The second-order valence-electron chi connectivity index (χ2n) is 11.0. The Kier molecular flexibility index (Phi) is 5.63. The fraction of sp³-hybridized carbons (Fsp3) is 0.158. The van der Waals surface area contributed by atoms with E-state index in [-0.39, 0.29) is 0 Å². The summed E-state index contributed by atoms with van der Waals surface area (Å²) in [5.41, 5.74) is 9.51. The van der Waals surface area contributed by atoms with Crippen molar-refractivity contribution in [3.63, 3.8) is 0 Å². The van der Waals surface area contributed by atoms with E-state index in [9.17, 15) is 0 Å². The number of hydrogen-bond donors (Lipinski definition) is 0. The third-order valence-electron chi connectivity index (χ3n) is 8.51. The highest BCUT2D eigenvalue weighted by Crippen LogP contribution is 2.45. The van der Waals surface area contributed by atoms with Crippen LogP contribution in [0.3, 0.4) is 0 Å². The second-order valence-corrected chi connectivity index (χ2v) is 11.0. The smallest absolute Gasteiger partial charge is 0.00237 e. The fourth-order valence-electron chi connectivity index (χ4n) is 6.45. The zero-order valence-electron chi connectivity index (χ0n) is 22.2. The summed E-state index contributed by atoms with van der Waals surface area (Å²) in [6.07, 6.45) is 6.14. The predicted octanol–water partition coefficient (Wildman–Crippen LogP) is 11.0. The van der Waals surface area contributed by atoms with E-state index in [2.05, 4.69) is 129 Å². The number of aryl methyl sites for hydroxylation is 1. The Morgan fingerprint density at radius 1 is 0.579 bits per heavy atom. The molecule has 1 aliphatic carbocycles. The zero-order chi connectivity index (χ0) is 25.6. The third kappa shape index (κ3) is 3.84. The lowest BCUT2D eigenvalue weighted by Crippen LogP contribution is -2.01. The fourth-order valence-corrected chi connectivity index (χ4v) is 6.45. The maximum Gasteiger partial charge on any atom is -0.00237 e. The monoisotopic (exact) mass is 488 g/mol. The van der Waals surface area contributed by atoms with Gasteiger partial charge in [0.15, 0.2) is 0 Å². The average Bonchev–Trinajstić information content (AvgIpc) is 2.96. The summed E-state index contributed by atoms with van der Waals surface area (Å²) < 4.78 is 0. The van der Waals surface area contributed by atoms with Crippen LogP contribution in [0.15, 0.2) is 115 Å². The van der Waals surface area contributed by atoms with Crippen molar-refractivity contribution in [2.75, 3.05) is 0 Å². The van der Waals surface area contributed by atoms with Crippen molar-refractivity contribution in [3.05, 3.63) is 126 Å². The summed E-state index contributed by atoms with van der Waals surface area (Å²) in [5.74, 6) is 0.804. The molecule has 0 heteroatoms. The molecule has 38 heavy (non-hydrogen) atoms. The van der Waals surface area contributed by atoms with Crippen LogP contribution in [0, 0.1) is 12.8 Å². The Labute approximate surface area is 225 Å². The molecule has 0 aliphatic heterocycles. The van der Waals surface area contributed by atoms with Crippen molar-refractivity contribution in [1.29, 1.82) is 0 Å². The van der Waals surface area contributed by atoms with Crippen molar-refractivity contribution in [2.45, 2.75) is 33.1 Å². The number of allylic oxidation sites excluding steroid dienone is 2. The summed E-state index contributed by atoms with van der Waals surface area (Å²) in [7, 11) is 0. The van der Waals surface area contributed by atoms with Crippen LogP contribution < -0.4 is 0 Å². The average molecular weight is 489 g/mol. The maximum absolute atomic E-state index is 2.46. The molecule has 0 fully saturated rings. The molecule has 0 bridgehead atoms. The van der Waals surface area contributed by atoms with E-state index in [0.717, 1.165) is 5.92 Å². The van der Waals surface area contributed by atoms with Gasteiger partial charge in [0, 0.05) is 0 Å². The molecule has 0 amide bonds. The highest BCUT2D eigenvalue weighted by atomic mass is 14.2. The summed E-state index contributed by atoms with van der Waals surface area (Å²) in [5, 5.41) is 7.81. The van der Waals surface area contributed by atoms with Gasteiger partial charge in [-0.05, 0) is 109 Å². The Bertz CT molecular complexity index is 1810. The Morgan fingerprint density at radius 2 is 1.18 bits per heavy atom. The number of benzene rings is 6. The standard InChI is InChI=1S/C38H32/c1-25-15-17-28(18-16-25)30-21-22-32(26(2)23-30)38-35-13-7-5-11-33(35)37(34-12-6-8-14-36(34)38)31-20-19-27-9-3-4-10-29(27)24-31/h3-14,17,19-25H,15-16,18H2,1-2H3. The van der Waals surface area contributed by atoms with E-state index >= 15 is 0 Å². The molecule has 1 aliphatic rings. The normalized spacial score (nSPS) is 15.7. The molecule has 1 unspecified atom stereocenters. The summed E-state index contributed by atoms with van der Waals surface area (Å²) >= 11 is 0. The number of fused-ring (bicyclic) bond motifs is 3. The molecular formula is C38H32. The van der Waals surface area contributed by atoms with Gasteiger partial charge in [0.25, 0.3) is 0 Å². The third-order valence-corrected chi connectivity index (χ3v) is 8.51. The first-order valence-electron chi connectivity index (χ1n) is 13.9. The summed E-state index contributed by atoms with van der Waals surface area (Å²) in [6.45, 7) is 4.64. The molecule has 1 atom stereocenters. The molecular weight excluding hydrogens is 456 g/mol. The van der Waals surface area contributed by atoms with E-state index in [1.54, 1.807) is 0 Å². The molecule has 0 spiro atoms. The molecule has 0 saturated heterocycles. The molecule has 0 saturated carbocycles. The lowest BCUT2D eigenvalue weighted by Gasteiger charge is -2.21. The number of hydrogen-bond acceptors (Lipinski definition) is 0. The van der Waals surface area contributed by atoms with Crippen molar-refractivity contribution in [3.8, 4) is 22.3 Å². The Balaban J connectivity index is 1.48. The van der Waals surface area contributed by atoms with Gasteiger partial charge in [-0.25, -0.2) is 0 Å². The van der Waals surface area contributed by atoms with Crippen LogP contribution in [0.5, 0.6) is 0 Å². The van der Waals surface area contributed by atoms with E-state index < -0.39 is 0 Å². The lowest BCUT2D eigenvalue weighted by molar-refractivity contribution is 0.534. The second kappa shape index (κ2) is 9.30. The maximum atomic E-state index is 2.46. The Morgan fingerprint density at radius 3 is 1.82 bits per heavy atom. The first kappa shape index (κ1) is 23.0. The van der Waals surface area contributed by atoms with Crippen LogP contribution in [0.1, 0.15) is 37.3 Å². The van der Waals surface area contributed by atoms with Gasteiger partial charge in [0.2, 0.25) is 0 Å². The molecule has 0 heterocycles. The highest BCUT2D eigenvalue weighted by molar-refractivity contribution is 6.22. The van der Waals surface area contributed by atoms with Gasteiger partial charge in [-0.2, -0.15) is 0 Å². The highest BCUT2D eigenvalue weighted by Gasteiger charge is 2.19. The van der Waals surface area contributed by atoms with Crippen molar-refractivity contribution in [2.24, 2.45) is 5.92 Å². The lowest BCUT2D eigenvalue weighted by atomic mass is 9.83. The predicted molar refractivity (Wildman–Crippen MR) is 166 cm³/mol. The summed E-state index contributed by atoms with van der Waals surface area (Å²) in [6, 6.07) is 40.6. The minimum atomic E-state index is 0.804. The van der Waals surface area contributed by atoms with Crippen LogP contribution in [-0.4, -0.2) is 0 Å². The van der Waals surface area contributed by atoms with Gasteiger partial charge >= 0.3 is 0 Å². The minimum absolute atomic E-state index is 0.804. The first-order valence-corrected chi connectivity index (χ1v) is 13.9.